The van der Waals surface area contributed by atoms with Crippen LogP contribution in [0.3, 0.4) is 0 Å². The first kappa shape index (κ1) is 12.9. The minimum absolute atomic E-state index is 0.0506. The van der Waals surface area contributed by atoms with Gasteiger partial charge in [0.05, 0.1) is 5.39 Å². The molecule has 3 rings (SSSR count). The fourth-order valence-corrected chi connectivity index (χ4v) is 2.02. The summed E-state index contributed by atoms with van der Waals surface area (Å²) in [7, 11) is 0. The summed E-state index contributed by atoms with van der Waals surface area (Å²) < 4.78 is 5.43. The van der Waals surface area contributed by atoms with E-state index in [9.17, 15) is 25.2 Å². The molecule has 0 amide bonds. The van der Waals surface area contributed by atoms with Crippen LogP contribution in [0.25, 0.3) is 22.3 Å². The Bertz CT molecular complexity index is 893. The van der Waals surface area contributed by atoms with Gasteiger partial charge in [0.25, 0.3) is 0 Å². The molecule has 106 valence electrons. The van der Waals surface area contributed by atoms with Gasteiger partial charge in [0.2, 0.25) is 11.5 Å². The summed E-state index contributed by atoms with van der Waals surface area (Å²) in [6.07, 6.45) is 0. The van der Waals surface area contributed by atoms with E-state index in [4.69, 9.17) is 4.42 Å². The van der Waals surface area contributed by atoms with E-state index in [1.54, 1.807) is 0 Å². The van der Waals surface area contributed by atoms with Crippen molar-refractivity contribution in [1.29, 1.82) is 0 Å². The molecule has 6 nitrogen and oxygen atoms in total. The van der Waals surface area contributed by atoms with Crippen molar-refractivity contribution >= 4 is 11.0 Å². The quantitative estimate of drug-likeness (QED) is 0.511. The summed E-state index contributed by atoms with van der Waals surface area (Å²) in [5.41, 5.74) is -0.190. The zero-order valence-corrected chi connectivity index (χ0v) is 10.6. The number of benzene rings is 2. The van der Waals surface area contributed by atoms with Gasteiger partial charge in [-0.05, 0) is 30.3 Å². The largest absolute Gasteiger partial charge is 0.508 e. The number of phenolic OH excluding ortho intramolecular Hbond substituents is 4. The second kappa shape index (κ2) is 4.45. The standard InChI is InChI=1S/C15H10O6/c16-8-3-1-7(2-4-8)12-6-10(17)9-5-11(18)13(19)14(20)15(9)21-12/h1-6,16,18-20H. The van der Waals surface area contributed by atoms with Gasteiger partial charge in [0.1, 0.15) is 11.5 Å². The van der Waals surface area contributed by atoms with E-state index < -0.39 is 22.7 Å². The summed E-state index contributed by atoms with van der Waals surface area (Å²) in [5.74, 6) is -1.85. The van der Waals surface area contributed by atoms with Crippen molar-refractivity contribution in [1.82, 2.24) is 0 Å². The zero-order chi connectivity index (χ0) is 15.1. The third-order valence-electron chi connectivity index (χ3n) is 3.10. The Hall–Kier alpha value is -3.15. The Labute approximate surface area is 117 Å². The molecular weight excluding hydrogens is 276 g/mol. The van der Waals surface area contributed by atoms with Crippen LogP contribution in [0.4, 0.5) is 0 Å². The maximum Gasteiger partial charge on any atom is 0.205 e. The molecule has 0 radical (unpaired) electrons. The van der Waals surface area contributed by atoms with Crippen LogP contribution in [0.15, 0.2) is 45.6 Å². The number of rotatable bonds is 1. The fourth-order valence-electron chi connectivity index (χ4n) is 2.02. The van der Waals surface area contributed by atoms with E-state index in [1.807, 2.05) is 0 Å². The van der Waals surface area contributed by atoms with Crippen LogP contribution in [-0.4, -0.2) is 20.4 Å². The van der Waals surface area contributed by atoms with E-state index in [1.165, 1.54) is 30.3 Å². The molecule has 0 aliphatic carbocycles. The number of fused-ring (bicyclic) bond motifs is 1. The number of phenols is 4. The summed E-state index contributed by atoms with van der Waals surface area (Å²) in [6.45, 7) is 0. The predicted molar refractivity (Wildman–Crippen MR) is 74.6 cm³/mol. The Morgan fingerprint density at radius 3 is 2.19 bits per heavy atom. The lowest BCUT2D eigenvalue weighted by Gasteiger charge is -2.07. The molecular formula is C15H10O6. The van der Waals surface area contributed by atoms with Gasteiger partial charge in [-0.15, -0.1) is 0 Å². The van der Waals surface area contributed by atoms with Crippen molar-refractivity contribution in [2.75, 3.05) is 0 Å². The molecule has 21 heavy (non-hydrogen) atoms. The van der Waals surface area contributed by atoms with E-state index in [0.717, 1.165) is 6.07 Å². The lowest BCUT2D eigenvalue weighted by Crippen LogP contribution is -2.00. The first-order valence-corrected chi connectivity index (χ1v) is 5.98. The van der Waals surface area contributed by atoms with Crippen molar-refractivity contribution < 1.29 is 24.8 Å². The maximum atomic E-state index is 12.0. The van der Waals surface area contributed by atoms with Crippen molar-refractivity contribution in [3.05, 3.63) is 46.6 Å². The van der Waals surface area contributed by atoms with Crippen LogP contribution >= 0.6 is 0 Å². The highest BCUT2D eigenvalue weighted by Crippen LogP contribution is 2.41. The van der Waals surface area contributed by atoms with Crippen LogP contribution in [0.1, 0.15) is 0 Å². The summed E-state index contributed by atoms with van der Waals surface area (Å²) in [6, 6.07) is 8.15. The molecule has 2 aromatic carbocycles. The maximum absolute atomic E-state index is 12.0. The predicted octanol–water partition coefficient (Wildman–Crippen LogP) is 2.28. The van der Waals surface area contributed by atoms with Gasteiger partial charge in [-0.1, -0.05) is 0 Å². The highest BCUT2D eigenvalue weighted by molar-refractivity contribution is 5.88. The zero-order valence-electron chi connectivity index (χ0n) is 10.6. The van der Waals surface area contributed by atoms with Gasteiger partial charge in [0, 0.05) is 11.6 Å². The minimum atomic E-state index is -0.756. The second-order valence-electron chi connectivity index (χ2n) is 4.49. The first-order valence-electron chi connectivity index (χ1n) is 5.98. The number of aromatic hydroxyl groups is 4. The van der Waals surface area contributed by atoms with E-state index in [-0.39, 0.29) is 22.5 Å². The molecule has 0 unspecified atom stereocenters. The molecule has 6 heteroatoms. The molecule has 0 fully saturated rings. The Balaban J connectivity index is 2.33. The monoisotopic (exact) mass is 286 g/mol. The molecule has 3 aromatic rings. The lowest BCUT2D eigenvalue weighted by atomic mass is 10.1. The van der Waals surface area contributed by atoms with Gasteiger partial charge in [-0.25, -0.2) is 0 Å². The first-order chi connectivity index (χ1) is 9.97. The second-order valence-corrected chi connectivity index (χ2v) is 4.49. The van der Waals surface area contributed by atoms with E-state index in [2.05, 4.69) is 0 Å². The minimum Gasteiger partial charge on any atom is -0.508 e. The van der Waals surface area contributed by atoms with Crippen molar-refractivity contribution in [3.63, 3.8) is 0 Å². The average molecular weight is 286 g/mol. The van der Waals surface area contributed by atoms with E-state index >= 15 is 0 Å². The lowest BCUT2D eigenvalue weighted by molar-refractivity contribution is 0.366. The summed E-state index contributed by atoms with van der Waals surface area (Å²) >= 11 is 0. The van der Waals surface area contributed by atoms with E-state index in [0.29, 0.717) is 5.56 Å². The smallest absolute Gasteiger partial charge is 0.205 e. The average Bonchev–Trinajstić information content (AvgIpc) is 2.47. The van der Waals surface area contributed by atoms with Gasteiger partial charge >= 0.3 is 0 Å². The van der Waals surface area contributed by atoms with Crippen LogP contribution in [0.5, 0.6) is 23.0 Å². The molecule has 0 aliphatic rings. The van der Waals surface area contributed by atoms with Crippen molar-refractivity contribution in [2.24, 2.45) is 0 Å². The molecule has 0 saturated carbocycles. The molecule has 4 N–H and O–H groups in total. The molecule has 1 heterocycles. The molecule has 0 bridgehead atoms. The van der Waals surface area contributed by atoms with Gasteiger partial charge in [-0.3, -0.25) is 4.79 Å². The normalized spacial score (nSPS) is 10.9. The third kappa shape index (κ3) is 2.02. The van der Waals surface area contributed by atoms with Crippen molar-refractivity contribution in [2.45, 2.75) is 0 Å². The Kier molecular flexibility index (Phi) is 2.72. The third-order valence-corrected chi connectivity index (χ3v) is 3.10. The molecule has 0 saturated heterocycles. The topological polar surface area (TPSA) is 111 Å². The fraction of sp³-hybridized carbons (Fsp3) is 0. The Morgan fingerprint density at radius 2 is 1.52 bits per heavy atom. The molecule has 0 spiro atoms. The number of hydrogen-bond acceptors (Lipinski definition) is 6. The Morgan fingerprint density at radius 1 is 0.857 bits per heavy atom. The van der Waals surface area contributed by atoms with Gasteiger partial charge < -0.3 is 24.8 Å². The van der Waals surface area contributed by atoms with Crippen molar-refractivity contribution in [3.8, 4) is 34.3 Å². The highest BCUT2D eigenvalue weighted by Gasteiger charge is 2.17. The van der Waals surface area contributed by atoms with Crippen LogP contribution < -0.4 is 5.43 Å². The van der Waals surface area contributed by atoms with Crippen LogP contribution in [-0.2, 0) is 0 Å². The summed E-state index contributed by atoms with van der Waals surface area (Å²) in [4.78, 5) is 12.0. The molecule has 0 aliphatic heterocycles. The molecule has 1 aromatic heterocycles. The van der Waals surface area contributed by atoms with Crippen LogP contribution in [0.2, 0.25) is 0 Å². The van der Waals surface area contributed by atoms with Gasteiger partial charge in [0.15, 0.2) is 16.8 Å². The van der Waals surface area contributed by atoms with Crippen LogP contribution in [0, 0.1) is 0 Å². The van der Waals surface area contributed by atoms with Gasteiger partial charge in [-0.2, -0.15) is 0 Å². The molecule has 0 atom stereocenters. The summed E-state index contributed by atoms with van der Waals surface area (Å²) in [5, 5.41) is 37.9. The SMILES string of the molecule is O=c1cc(-c2ccc(O)cc2)oc2c(O)c(O)c(O)cc12. The number of hydrogen-bond donors (Lipinski definition) is 4. The highest BCUT2D eigenvalue weighted by atomic mass is 16.4.